The van der Waals surface area contributed by atoms with Crippen LogP contribution in [0.25, 0.3) is 0 Å². The molecule has 0 unspecified atom stereocenters. The van der Waals surface area contributed by atoms with Gasteiger partial charge in [0.2, 0.25) is 0 Å². The summed E-state index contributed by atoms with van der Waals surface area (Å²) in [6.45, 7) is 2.00. The van der Waals surface area contributed by atoms with Crippen LogP contribution in [0.2, 0.25) is 0 Å². The predicted octanol–water partition coefficient (Wildman–Crippen LogP) is 1.40. The Balaban J connectivity index is 3.16. The van der Waals surface area contributed by atoms with Gasteiger partial charge in [0.25, 0.3) is 0 Å². The highest BCUT2D eigenvalue weighted by molar-refractivity contribution is 5.66. The second kappa shape index (κ2) is 6.16. The lowest BCUT2D eigenvalue weighted by molar-refractivity contribution is -0.137. The molecule has 0 aliphatic heterocycles. The molecule has 1 atom stereocenters. The fraction of sp³-hybridized carbons (Fsp3) is 0.875. The first-order valence-corrected chi connectivity index (χ1v) is 4.06. The third-order valence-electron chi connectivity index (χ3n) is 1.55. The van der Waals surface area contributed by atoms with Crippen molar-refractivity contribution in [3.05, 3.63) is 0 Å². The minimum absolute atomic E-state index is 0.167. The fourth-order valence-electron chi connectivity index (χ4n) is 0.966. The maximum Gasteiger partial charge on any atom is 0.303 e. The van der Waals surface area contributed by atoms with E-state index >= 15 is 0 Å². The Morgan fingerprint density at radius 3 is 2.55 bits per heavy atom. The molecule has 0 aromatic heterocycles. The van der Waals surface area contributed by atoms with Crippen molar-refractivity contribution in [3.8, 4) is 0 Å². The second-order valence-electron chi connectivity index (χ2n) is 2.73. The largest absolute Gasteiger partial charge is 0.481 e. The zero-order chi connectivity index (χ0) is 8.69. The van der Waals surface area contributed by atoms with E-state index in [0.29, 0.717) is 12.8 Å². The number of hydrogen-bond acceptors (Lipinski definition) is 2. The summed E-state index contributed by atoms with van der Waals surface area (Å²) in [6.07, 6.45) is 2.78. The molecule has 0 rings (SSSR count). The van der Waals surface area contributed by atoms with Gasteiger partial charge in [-0.2, -0.15) is 0 Å². The van der Waals surface area contributed by atoms with Crippen molar-refractivity contribution in [3.63, 3.8) is 0 Å². The number of carboxylic acid groups (broad SMARTS) is 1. The molecule has 0 heterocycles. The minimum atomic E-state index is -0.784. The van der Waals surface area contributed by atoms with E-state index in [0.717, 1.165) is 12.8 Å². The molecule has 0 aromatic rings. The zero-order valence-electron chi connectivity index (χ0n) is 6.92. The van der Waals surface area contributed by atoms with Gasteiger partial charge in [-0.25, -0.2) is 0 Å². The Labute approximate surface area is 67.0 Å². The summed E-state index contributed by atoms with van der Waals surface area (Å²) in [5.74, 6) is -0.784. The van der Waals surface area contributed by atoms with Crippen LogP contribution in [-0.2, 0) is 4.79 Å². The quantitative estimate of drug-likeness (QED) is 0.617. The minimum Gasteiger partial charge on any atom is -0.481 e. The van der Waals surface area contributed by atoms with Gasteiger partial charge in [-0.3, -0.25) is 4.79 Å². The molecule has 0 aliphatic carbocycles. The first-order chi connectivity index (χ1) is 5.16. The third-order valence-corrected chi connectivity index (χ3v) is 1.55. The first-order valence-electron chi connectivity index (χ1n) is 4.06. The molecule has 11 heavy (non-hydrogen) atoms. The van der Waals surface area contributed by atoms with E-state index in [1.165, 1.54) is 0 Å². The average Bonchev–Trinajstić information content (AvgIpc) is 1.87. The summed E-state index contributed by atoms with van der Waals surface area (Å²) in [7, 11) is 0. The lowest BCUT2D eigenvalue weighted by Gasteiger charge is -2.06. The van der Waals surface area contributed by atoms with Crippen molar-refractivity contribution in [2.75, 3.05) is 0 Å². The molecule has 0 amide bonds. The van der Waals surface area contributed by atoms with Gasteiger partial charge in [-0.05, 0) is 19.3 Å². The third kappa shape index (κ3) is 7.33. The standard InChI is InChI=1S/C8H16O3/c1-2-4-7(9)5-3-6-8(10)11/h7,9H,2-6H2,1H3,(H,10,11)/t7-/m0/s1. The Bertz CT molecular complexity index is 112. The number of carbonyl (C=O) groups is 1. The van der Waals surface area contributed by atoms with E-state index in [9.17, 15) is 4.79 Å². The van der Waals surface area contributed by atoms with Crippen molar-refractivity contribution in [1.82, 2.24) is 0 Å². The molecule has 0 bridgehead atoms. The van der Waals surface area contributed by atoms with Gasteiger partial charge in [0.05, 0.1) is 6.10 Å². The molecule has 0 saturated heterocycles. The molecular formula is C8H16O3. The van der Waals surface area contributed by atoms with Crippen molar-refractivity contribution in [1.29, 1.82) is 0 Å². The van der Waals surface area contributed by atoms with Gasteiger partial charge in [0, 0.05) is 6.42 Å². The van der Waals surface area contributed by atoms with Gasteiger partial charge in [0.1, 0.15) is 0 Å². The molecule has 0 fully saturated rings. The molecule has 0 aromatic carbocycles. The molecule has 0 saturated carbocycles. The SMILES string of the molecule is CCC[C@H](O)CCCC(=O)O. The van der Waals surface area contributed by atoms with Crippen LogP contribution in [0.15, 0.2) is 0 Å². The van der Waals surface area contributed by atoms with Gasteiger partial charge >= 0.3 is 5.97 Å². The maximum absolute atomic E-state index is 10.1. The Morgan fingerprint density at radius 1 is 1.45 bits per heavy atom. The number of rotatable bonds is 6. The van der Waals surface area contributed by atoms with E-state index in [1.54, 1.807) is 0 Å². The van der Waals surface area contributed by atoms with Crippen molar-refractivity contribution < 1.29 is 15.0 Å². The summed E-state index contributed by atoms with van der Waals surface area (Å²) in [5.41, 5.74) is 0. The Hall–Kier alpha value is -0.570. The van der Waals surface area contributed by atoms with Crippen molar-refractivity contribution in [2.45, 2.75) is 45.1 Å². The monoisotopic (exact) mass is 160 g/mol. The molecule has 2 N–H and O–H groups in total. The number of aliphatic carboxylic acids is 1. The van der Waals surface area contributed by atoms with Crippen LogP contribution in [0.3, 0.4) is 0 Å². The summed E-state index contributed by atoms with van der Waals surface area (Å²) in [4.78, 5) is 10.1. The number of carboxylic acids is 1. The lowest BCUT2D eigenvalue weighted by atomic mass is 10.1. The van der Waals surface area contributed by atoms with Crippen LogP contribution in [0.4, 0.5) is 0 Å². The van der Waals surface area contributed by atoms with Crippen molar-refractivity contribution >= 4 is 5.97 Å². The summed E-state index contributed by atoms with van der Waals surface area (Å²) in [6, 6.07) is 0. The maximum atomic E-state index is 10.1. The Kier molecular flexibility index (Phi) is 5.84. The number of aliphatic hydroxyl groups excluding tert-OH is 1. The normalized spacial score (nSPS) is 12.9. The van der Waals surface area contributed by atoms with Crippen molar-refractivity contribution in [2.24, 2.45) is 0 Å². The van der Waals surface area contributed by atoms with Crippen LogP contribution < -0.4 is 0 Å². The van der Waals surface area contributed by atoms with Gasteiger partial charge in [-0.1, -0.05) is 13.3 Å². The highest BCUT2D eigenvalue weighted by atomic mass is 16.4. The zero-order valence-corrected chi connectivity index (χ0v) is 6.92. The number of hydrogen-bond donors (Lipinski definition) is 2. The topological polar surface area (TPSA) is 57.5 Å². The summed E-state index contributed by atoms with van der Waals surface area (Å²) >= 11 is 0. The summed E-state index contributed by atoms with van der Waals surface area (Å²) < 4.78 is 0. The van der Waals surface area contributed by atoms with Crippen LogP contribution in [0, 0.1) is 0 Å². The highest BCUT2D eigenvalue weighted by Gasteiger charge is 2.03. The van der Waals surface area contributed by atoms with Gasteiger partial charge in [-0.15, -0.1) is 0 Å². The lowest BCUT2D eigenvalue weighted by Crippen LogP contribution is -2.06. The van der Waals surface area contributed by atoms with Crippen LogP contribution in [0.5, 0.6) is 0 Å². The van der Waals surface area contributed by atoms with Gasteiger partial charge in [0.15, 0.2) is 0 Å². The molecule has 0 aliphatic rings. The molecule has 66 valence electrons. The smallest absolute Gasteiger partial charge is 0.303 e. The first kappa shape index (κ1) is 10.4. The molecule has 0 spiro atoms. The predicted molar refractivity (Wildman–Crippen MR) is 42.4 cm³/mol. The molecule has 3 heteroatoms. The highest BCUT2D eigenvalue weighted by Crippen LogP contribution is 2.05. The van der Waals surface area contributed by atoms with E-state index in [1.807, 2.05) is 6.92 Å². The number of aliphatic hydroxyl groups is 1. The fourth-order valence-corrected chi connectivity index (χ4v) is 0.966. The van der Waals surface area contributed by atoms with E-state index in [2.05, 4.69) is 0 Å². The van der Waals surface area contributed by atoms with E-state index < -0.39 is 5.97 Å². The average molecular weight is 160 g/mol. The van der Waals surface area contributed by atoms with E-state index in [-0.39, 0.29) is 12.5 Å². The summed E-state index contributed by atoms with van der Waals surface area (Å²) in [5, 5.41) is 17.4. The van der Waals surface area contributed by atoms with Gasteiger partial charge < -0.3 is 10.2 Å². The molecular weight excluding hydrogens is 144 g/mol. The molecule has 3 nitrogen and oxygen atoms in total. The second-order valence-corrected chi connectivity index (χ2v) is 2.73. The van der Waals surface area contributed by atoms with Crippen LogP contribution >= 0.6 is 0 Å². The van der Waals surface area contributed by atoms with Crippen LogP contribution in [0.1, 0.15) is 39.0 Å². The Morgan fingerprint density at radius 2 is 2.09 bits per heavy atom. The van der Waals surface area contributed by atoms with Crippen LogP contribution in [-0.4, -0.2) is 22.3 Å². The molecule has 0 radical (unpaired) electrons. The van der Waals surface area contributed by atoms with E-state index in [4.69, 9.17) is 10.2 Å².